The molecular weight excluding hydrogens is 272 g/mol. The minimum absolute atomic E-state index is 0.337. The summed E-state index contributed by atoms with van der Waals surface area (Å²) in [6.45, 7) is 4.70. The summed E-state index contributed by atoms with van der Waals surface area (Å²) in [5, 5.41) is 0. The van der Waals surface area contributed by atoms with Crippen LogP contribution in [-0.2, 0) is 16.4 Å². The Labute approximate surface area is 122 Å². The predicted molar refractivity (Wildman–Crippen MR) is 84.2 cm³/mol. The first kappa shape index (κ1) is 16.5. The fourth-order valence-electron chi connectivity index (χ4n) is 1.83. The number of nitrogens with zero attached hydrogens (tertiary/aromatic N) is 1. The topological polar surface area (TPSA) is 49.4 Å². The molecule has 0 fully saturated rings. The number of hydrogen-bond donors (Lipinski definition) is 1. The highest BCUT2D eigenvalue weighted by Crippen LogP contribution is 2.14. The van der Waals surface area contributed by atoms with Crippen LogP contribution in [0, 0.1) is 11.8 Å². The zero-order chi connectivity index (χ0) is 15.2. The predicted octanol–water partition coefficient (Wildman–Crippen LogP) is 1.94. The van der Waals surface area contributed by atoms with Crippen LogP contribution in [0.1, 0.15) is 19.4 Å². The summed E-state index contributed by atoms with van der Waals surface area (Å²) < 4.78 is 24.9. The quantitative estimate of drug-likeness (QED) is 0.816. The smallest absolute Gasteiger partial charge is 0.229 e. The molecule has 1 rings (SSSR count). The second-order valence-electron chi connectivity index (χ2n) is 4.97. The third kappa shape index (κ3) is 6.09. The number of benzene rings is 1. The van der Waals surface area contributed by atoms with Crippen LogP contribution in [0.4, 0.5) is 5.69 Å². The highest BCUT2D eigenvalue weighted by molar-refractivity contribution is 7.92. The van der Waals surface area contributed by atoms with Gasteiger partial charge < -0.3 is 0 Å². The van der Waals surface area contributed by atoms with E-state index < -0.39 is 10.0 Å². The first-order valence-corrected chi connectivity index (χ1v) is 8.37. The second kappa shape index (κ2) is 7.32. The number of nitrogens with one attached hydrogen (secondary N) is 1. The molecule has 5 heteroatoms. The van der Waals surface area contributed by atoms with Gasteiger partial charge in [-0.25, -0.2) is 8.42 Å². The van der Waals surface area contributed by atoms with Gasteiger partial charge in [-0.15, -0.1) is 5.92 Å². The molecule has 0 radical (unpaired) electrons. The molecule has 0 spiro atoms. The van der Waals surface area contributed by atoms with Gasteiger partial charge in [-0.3, -0.25) is 9.62 Å². The average Bonchev–Trinajstić information content (AvgIpc) is 2.34. The number of anilines is 1. The first-order valence-electron chi connectivity index (χ1n) is 6.48. The molecule has 0 amide bonds. The van der Waals surface area contributed by atoms with Gasteiger partial charge in [-0.1, -0.05) is 18.1 Å². The normalized spacial score (nSPS) is 12.7. The molecule has 0 saturated heterocycles. The van der Waals surface area contributed by atoms with E-state index in [0.717, 1.165) is 24.8 Å². The van der Waals surface area contributed by atoms with Crippen molar-refractivity contribution in [3.63, 3.8) is 0 Å². The Balaban J connectivity index is 2.72. The standard InChI is InChI=1S/C15H22N2O2S/c1-5-6-10-17(3)13(2)11-14-8-7-9-15(12-14)16-20(4,18)19/h7-9,12-13,16H,10-11H2,1-4H3/t13-/m1/s1. The van der Waals surface area contributed by atoms with E-state index in [1.54, 1.807) is 6.07 Å². The molecule has 0 aromatic heterocycles. The molecule has 4 nitrogen and oxygen atoms in total. The summed E-state index contributed by atoms with van der Waals surface area (Å²) in [6, 6.07) is 7.83. The van der Waals surface area contributed by atoms with E-state index in [4.69, 9.17) is 0 Å². The third-order valence-electron chi connectivity index (χ3n) is 3.02. The van der Waals surface area contributed by atoms with Crippen molar-refractivity contribution >= 4 is 15.7 Å². The minimum atomic E-state index is -3.23. The maximum atomic E-state index is 11.2. The minimum Gasteiger partial charge on any atom is -0.292 e. The Hall–Kier alpha value is -1.51. The van der Waals surface area contributed by atoms with Crippen LogP contribution in [-0.4, -0.2) is 39.2 Å². The van der Waals surface area contributed by atoms with E-state index in [-0.39, 0.29) is 0 Å². The molecular formula is C15H22N2O2S. The Morgan fingerprint density at radius 1 is 1.40 bits per heavy atom. The van der Waals surface area contributed by atoms with E-state index in [2.05, 4.69) is 28.4 Å². The van der Waals surface area contributed by atoms with E-state index in [9.17, 15) is 8.42 Å². The van der Waals surface area contributed by atoms with Crippen LogP contribution in [0.15, 0.2) is 24.3 Å². The molecule has 0 bridgehead atoms. The average molecular weight is 294 g/mol. The first-order chi connectivity index (χ1) is 9.31. The van der Waals surface area contributed by atoms with Crippen molar-refractivity contribution < 1.29 is 8.42 Å². The van der Waals surface area contributed by atoms with E-state index in [1.807, 2.05) is 32.2 Å². The van der Waals surface area contributed by atoms with Gasteiger partial charge >= 0.3 is 0 Å². The van der Waals surface area contributed by atoms with Crippen molar-refractivity contribution in [2.24, 2.45) is 0 Å². The lowest BCUT2D eigenvalue weighted by molar-refractivity contribution is 0.287. The SMILES string of the molecule is CC#CCN(C)[C@H](C)Cc1cccc(NS(C)(=O)=O)c1. The van der Waals surface area contributed by atoms with Crippen LogP contribution in [0.3, 0.4) is 0 Å². The molecule has 1 aromatic carbocycles. The van der Waals surface area contributed by atoms with Crippen LogP contribution in [0.5, 0.6) is 0 Å². The zero-order valence-corrected chi connectivity index (χ0v) is 13.3. The number of sulfonamides is 1. The highest BCUT2D eigenvalue weighted by Gasteiger charge is 2.10. The Morgan fingerprint density at radius 2 is 2.10 bits per heavy atom. The fraction of sp³-hybridized carbons (Fsp3) is 0.467. The number of hydrogen-bond acceptors (Lipinski definition) is 3. The Kier molecular flexibility index (Phi) is 6.05. The highest BCUT2D eigenvalue weighted by atomic mass is 32.2. The molecule has 1 N–H and O–H groups in total. The molecule has 0 aliphatic rings. The molecule has 0 unspecified atom stereocenters. The lowest BCUT2D eigenvalue weighted by Gasteiger charge is -2.22. The van der Waals surface area contributed by atoms with Gasteiger partial charge in [-0.2, -0.15) is 0 Å². The van der Waals surface area contributed by atoms with Gasteiger partial charge in [0.05, 0.1) is 12.8 Å². The number of rotatable bonds is 6. The van der Waals surface area contributed by atoms with Gasteiger partial charge in [0.1, 0.15) is 0 Å². The van der Waals surface area contributed by atoms with Crippen LogP contribution in [0.2, 0.25) is 0 Å². The van der Waals surface area contributed by atoms with Crippen molar-refractivity contribution in [2.45, 2.75) is 26.3 Å². The van der Waals surface area contributed by atoms with E-state index in [1.165, 1.54) is 0 Å². The molecule has 0 saturated carbocycles. The molecule has 20 heavy (non-hydrogen) atoms. The van der Waals surface area contributed by atoms with Crippen molar-refractivity contribution in [3.05, 3.63) is 29.8 Å². The molecule has 1 atom stereocenters. The van der Waals surface area contributed by atoms with Gasteiger partial charge in [-0.05, 0) is 45.0 Å². The number of likely N-dealkylation sites (N-methyl/N-ethyl adjacent to an activating group) is 1. The maximum Gasteiger partial charge on any atom is 0.229 e. The fourth-order valence-corrected chi connectivity index (χ4v) is 2.39. The summed E-state index contributed by atoms with van der Waals surface area (Å²) in [5.41, 5.74) is 1.70. The monoisotopic (exact) mass is 294 g/mol. The molecule has 0 aliphatic carbocycles. The second-order valence-corrected chi connectivity index (χ2v) is 6.72. The Morgan fingerprint density at radius 3 is 2.70 bits per heavy atom. The largest absolute Gasteiger partial charge is 0.292 e. The van der Waals surface area contributed by atoms with Crippen molar-refractivity contribution in [3.8, 4) is 11.8 Å². The van der Waals surface area contributed by atoms with Gasteiger partial charge in [0, 0.05) is 11.7 Å². The Bertz CT molecular complexity index is 600. The van der Waals surface area contributed by atoms with Gasteiger partial charge in [0.15, 0.2) is 0 Å². The lowest BCUT2D eigenvalue weighted by Crippen LogP contribution is -2.31. The summed E-state index contributed by atoms with van der Waals surface area (Å²) in [7, 11) is -1.19. The van der Waals surface area contributed by atoms with Crippen molar-refractivity contribution in [2.75, 3.05) is 24.6 Å². The summed E-state index contributed by atoms with van der Waals surface area (Å²) in [6.07, 6.45) is 2.00. The van der Waals surface area contributed by atoms with Gasteiger partial charge in [0.25, 0.3) is 0 Å². The lowest BCUT2D eigenvalue weighted by atomic mass is 10.1. The van der Waals surface area contributed by atoms with Crippen LogP contribution < -0.4 is 4.72 Å². The summed E-state index contributed by atoms with van der Waals surface area (Å²) in [5.74, 6) is 5.93. The van der Waals surface area contributed by atoms with Gasteiger partial charge in [0.2, 0.25) is 10.0 Å². The van der Waals surface area contributed by atoms with Crippen molar-refractivity contribution in [1.29, 1.82) is 0 Å². The third-order valence-corrected chi connectivity index (χ3v) is 3.63. The maximum absolute atomic E-state index is 11.2. The molecule has 110 valence electrons. The van der Waals surface area contributed by atoms with Crippen molar-refractivity contribution in [1.82, 2.24) is 4.90 Å². The van der Waals surface area contributed by atoms with Crippen LogP contribution in [0.25, 0.3) is 0 Å². The summed E-state index contributed by atoms with van der Waals surface area (Å²) >= 11 is 0. The zero-order valence-electron chi connectivity index (χ0n) is 12.5. The van der Waals surface area contributed by atoms with E-state index in [0.29, 0.717) is 11.7 Å². The molecule has 0 aliphatic heterocycles. The summed E-state index contributed by atoms with van der Waals surface area (Å²) in [4.78, 5) is 2.17. The molecule has 0 heterocycles. The van der Waals surface area contributed by atoms with E-state index >= 15 is 0 Å². The van der Waals surface area contributed by atoms with Crippen LogP contribution >= 0.6 is 0 Å². The molecule has 1 aromatic rings.